The number of carbonyl (C=O) groups is 2. The van der Waals surface area contributed by atoms with Crippen LogP contribution in [0.5, 0.6) is 0 Å². The summed E-state index contributed by atoms with van der Waals surface area (Å²) >= 11 is 0. The van der Waals surface area contributed by atoms with Crippen molar-refractivity contribution in [2.24, 2.45) is 11.1 Å². The molecule has 0 aliphatic carbocycles. The number of nitro groups is 1. The quantitative estimate of drug-likeness (QED) is 0.447. The predicted octanol–water partition coefficient (Wildman–Crippen LogP) is 0.700. The average molecular weight is 296 g/mol. The monoisotopic (exact) mass is 296 g/mol. The molecule has 9 heteroatoms. The molecule has 0 saturated heterocycles. The number of amides is 1. The Hall–Kier alpha value is -2.71. The van der Waals surface area contributed by atoms with E-state index in [0.717, 1.165) is 6.07 Å². The van der Waals surface area contributed by atoms with Crippen LogP contribution in [-0.4, -0.2) is 35.4 Å². The summed E-state index contributed by atoms with van der Waals surface area (Å²) in [7, 11) is 1.18. The second kappa shape index (κ2) is 6.16. The van der Waals surface area contributed by atoms with Crippen molar-refractivity contribution in [1.82, 2.24) is 4.98 Å². The maximum atomic E-state index is 11.4. The summed E-state index contributed by atoms with van der Waals surface area (Å²) in [5.41, 5.74) is 3.89. The fourth-order valence-electron chi connectivity index (χ4n) is 1.34. The highest BCUT2D eigenvalue weighted by Gasteiger charge is 2.27. The minimum Gasteiger partial charge on any atom is -0.464 e. The van der Waals surface area contributed by atoms with Gasteiger partial charge in [0.05, 0.1) is 17.4 Å². The van der Waals surface area contributed by atoms with Gasteiger partial charge in [-0.1, -0.05) is 0 Å². The first kappa shape index (κ1) is 16.3. The van der Waals surface area contributed by atoms with E-state index in [9.17, 15) is 19.7 Å². The van der Waals surface area contributed by atoms with Crippen molar-refractivity contribution < 1.29 is 19.2 Å². The van der Waals surface area contributed by atoms with Crippen LogP contribution in [0.15, 0.2) is 12.1 Å². The summed E-state index contributed by atoms with van der Waals surface area (Å²) in [5, 5.41) is 13.6. The van der Waals surface area contributed by atoms with Gasteiger partial charge in [-0.15, -0.1) is 0 Å². The number of ether oxygens (including phenoxy) is 1. The van der Waals surface area contributed by atoms with E-state index in [-0.39, 0.29) is 23.7 Å². The molecule has 114 valence electrons. The van der Waals surface area contributed by atoms with Gasteiger partial charge in [-0.25, -0.2) is 9.78 Å². The highest BCUT2D eigenvalue weighted by atomic mass is 16.6. The molecular weight excluding hydrogens is 280 g/mol. The Balaban J connectivity index is 3.10. The topological polar surface area (TPSA) is 137 Å². The van der Waals surface area contributed by atoms with Gasteiger partial charge in [0.1, 0.15) is 0 Å². The van der Waals surface area contributed by atoms with Crippen LogP contribution >= 0.6 is 0 Å². The van der Waals surface area contributed by atoms with Gasteiger partial charge in [-0.2, -0.15) is 0 Å². The van der Waals surface area contributed by atoms with E-state index in [1.807, 2.05) is 0 Å². The second-order valence-electron chi connectivity index (χ2n) is 4.91. The molecule has 9 nitrogen and oxygen atoms in total. The molecule has 1 heterocycles. The van der Waals surface area contributed by atoms with Crippen molar-refractivity contribution >= 4 is 23.4 Å². The second-order valence-corrected chi connectivity index (χ2v) is 4.91. The van der Waals surface area contributed by atoms with E-state index in [0.29, 0.717) is 0 Å². The molecule has 0 aromatic carbocycles. The largest absolute Gasteiger partial charge is 0.464 e. The Morgan fingerprint density at radius 2 is 2.10 bits per heavy atom. The Morgan fingerprint density at radius 1 is 1.48 bits per heavy atom. The van der Waals surface area contributed by atoms with E-state index >= 15 is 0 Å². The Labute approximate surface area is 120 Å². The highest BCUT2D eigenvalue weighted by Crippen LogP contribution is 2.24. The van der Waals surface area contributed by atoms with Crippen LogP contribution in [0.25, 0.3) is 0 Å². The maximum Gasteiger partial charge on any atom is 0.356 e. The lowest BCUT2D eigenvalue weighted by atomic mass is 9.93. The average Bonchev–Trinajstić information content (AvgIpc) is 2.43. The van der Waals surface area contributed by atoms with E-state index < -0.39 is 22.2 Å². The smallest absolute Gasteiger partial charge is 0.356 e. The number of nitrogens with one attached hydrogen (secondary N) is 1. The van der Waals surface area contributed by atoms with Gasteiger partial charge in [-0.05, 0) is 19.9 Å². The van der Waals surface area contributed by atoms with Crippen LogP contribution < -0.4 is 11.1 Å². The van der Waals surface area contributed by atoms with Gasteiger partial charge in [-0.3, -0.25) is 14.9 Å². The Kier molecular flexibility index (Phi) is 4.79. The third-order valence-electron chi connectivity index (χ3n) is 2.83. The summed E-state index contributed by atoms with van der Waals surface area (Å²) < 4.78 is 4.50. The predicted molar refractivity (Wildman–Crippen MR) is 73.7 cm³/mol. The van der Waals surface area contributed by atoms with E-state index in [1.54, 1.807) is 13.8 Å². The third kappa shape index (κ3) is 3.88. The molecule has 1 aromatic heterocycles. The molecule has 0 atom stereocenters. The number of anilines is 1. The molecule has 0 radical (unpaired) electrons. The van der Waals surface area contributed by atoms with E-state index in [1.165, 1.54) is 13.2 Å². The Bertz CT molecular complexity index is 585. The number of pyridine rings is 1. The Morgan fingerprint density at radius 3 is 2.57 bits per heavy atom. The van der Waals surface area contributed by atoms with Crippen LogP contribution in [0.1, 0.15) is 24.3 Å². The van der Waals surface area contributed by atoms with Crippen LogP contribution in [0.2, 0.25) is 0 Å². The summed E-state index contributed by atoms with van der Waals surface area (Å²) in [6, 6.07) is 2.33. The van der Waals surface area contributed by atoms with Crippen molar-refractivity contribution in [2.75, 3.05) is 19.0 Å². The first-order valence-corrected chi connectivity index (χ1v) is 5.96. The fraction of sp³-hybridized carbons (Fsp3) is 0.417. The number of aromatic nitrogens is 1. The third-order valence-corrected chi connectivity index (χ3v) is 2.83. The zero-order valence-electron chi connectivity index (χ0n) is 11.9. The first-order chi connectivity index (χ1) is 9.69. The molecule has 0 unspecified atom stereocenters. The number of rotatable bonds is 6. The fourth-order valence-corrected chi connectivity index (χ4v) is 1.34. The first-order valence-electron chi connectivity index (χ1n) is 5.96. The SMILES string of the molecule is COC(=O)c1ccc([N+](=O)[O-])c(NCC(C)(C)C(N)=O)n1. The molecule has 0 aliphatic heterocycles. The zero-order chi connectivity index (χ0) is 16.2. The summed E-state index contributed by atoms with van der Waals surface area (Å²) in [5.74, 6) is -1.42. The van der Waals surface area contributed by atoms with Gasteiger partial charge in [0, 0.05) is 12.6 Å². The van der Waals surface area contributed by atoms with Crippen molar-refractivity contribution in [2.45, 2.75) is 13.8 Å². The van der Waals surface area contributed by atoms with Crippen molar-refractivity contribution in [3.05, 3.63) is 27.9 Å². The molecule has 0 saturated carbocycles. The lowest BCUT2D eigenvalue weighted by molar-refractivity contribution is -0.384. The lowest BCUT2D eigenvalue weighted by Gasteiger charge is -2.21. The molecule has 1 aromatic rings. The minimum absolute atomic E-state index is 0.0286. The van der Waals surface area contributed by atoms with Gasteiger partial charge >= 0.3 is 11.7 Å². The molecule has 0 spiro atoms. The normalized spacial score (nSPS) is 10.8. The van der Waals surface area contributed by atoms with Crippen LogP contribution in [0.4, 0.5) is 11.5 Å². The van der Waals surface area contributed by atoms with Crippen LogP contribution in [0.3, 0.4) is 0 Å². The van der Waals surface area contributed by atoms with Gasteiger partial charge in [0.2, 0.25) is 11.7 Å². The summed E-state index contributed by atoms with van der Waals surface area (Å²) in [4.78, 5) is 36.8. The minimum atomic E-state index is -0.934. The number of methoxy groups -OCH3 is 1. The molecular formula is C12H16N4O5. The molecule has 3 N–H and O–H groups in total. The molecule has 1 rings (SSSR count). The number of hydrogen-bond acceptors (Lipinski definition) is 7. The number of hydrogen-bond donors (Lipinski definition) is 2. The number of esters is 1. The summed E-state index contributed by atoms with van der Waals surface area (Å²) in [6.45, 7) is 3.19. The zero-order valence-corrected chi connectivity index (χ0v) is 11.9. The van der Waals surface area contributed by atoms with Crippen molar-refractivity contribution in [3.8, 4) is 0 Å². The molecule has 1 amide bonds. The number of primary amides is 1. The van der Waals surface area contributed by atoms with Gasteiger partial charge in [0.15, 0.2) is 5.69 Å². The van der Waals surface area contributed by atoms with E-state index in [4.69, 9.17) is 5.73 Å². The van der Waals surface area contributed by atoms with Gasteiger partial charge in [0.25, 0.3) is 0 Å². The maximum absolute atomic E-state index is 11.4. The standard InChI is InChI=1S/C12H16N4O5/c1-12(2,11(13)18)6-14-9-8(16(19)20)5-4-7(15-9)10(17)21-3/h4-5H,6H2,1-3H3,(H2,13,18)(H,14,15). The lowest BCUT2D eigenvalue weighted by Crippen LogP contribution is -2.37. The van der Waals surface area contributed by atoms with Crippen molar-refractivity contribution in [1.29, 1.82) is 0 Å². The molecule has 21 heavy (non-hydrogen) atoms. The van der Waals surface area contributed by atoms with Crippen LogP contribution in [0, 0.1) is 15.5 Å². The van der Waals surface area contributed by atoms with Crippen LogP contribution in [-0.2, 0) is 9.53 Å². The number of nitrogens with two attached hydrogens (primary N) is 1. The van der Waals surface area contributed by atoms with Crippen molar-refractivity contribution in [3.63, 3.8) is 0 Å². The molecule has 0 bridgehead atoms. The molecule has 0 aliphatic rings. The number of nitrogens with zero attached hydrogens (tertiary/aromatic N) is 2. The van der Waals surface area contributed by atoms with Gasteiger partial charge < -0.3 is 15.8 Å². The van der Waals surface area contributed by atoms with E-state index in [2.05, 4.69) is 15.0 Å². The number of carbonyl (C=O) groups excluding carboxylic acids is 2. The summed E-state index contributed by atoms with van der Waals surface area (Å²) in [6.07, 6.45) is 0. The highest BCUT2D eigenvalue weighted by molar-refractivity contribution is 5.88. The molecule has 0 fully saturated rings.